The van der Waals surface area contributed by atoms with Gasteiger partial charge in [0.25, 0.3) is 0 Å². The Kier molecular flexibility index (Phi) is 4.12. The molecule has 0 bridgehead atoms. The Bertz CT molecular complexity index is 337. The first-order valence-electron chi connectivity index (χ1n) is 4.80. The molecule has 0 aliphatic carbocycles. The van der Waals surface area contributed by atoms with Crippen LogP contribution in [0.15, 0.2) is 24.3 Å². The number of carboxylic acids is 1. The first-order chi connectivity index (χ1) is 7.06. The molecule has 0 fully saturated rings. The van der Waals surface area contributed by atoms with E-state index in [0.29, 0.717) is 11.4 Å². The van der Waals surface area contributed by atoms with Gasteiger partial charge in [-0.3, -0.25) is 4.79 Å². The third-order valence-corrected chi connectivity index (χ3v) is 2.70. The molecule has 82 valence electrons. The first-order valence-corrected chi connectivity index (χ1v) is 5.18. The van der Waals surface area contributed by atoms with Crippen molar-refractivity contribution in [2.45, 2.75) is 19.4 Å². The summed E-state index contributed by atoms with van der Waals surface area (Å²) < 4.78 is 0. The maximum atomic E-state index is 10.9. The zero-order valence-corrected chi connectivity index (χ0v) is 9.24. The molecule has 0 aromatic heterocycles. The van der Waals surface area contributed by atoms with E-state index >= 15 is 0 Å². The largest absolute Gasteiger partial charge is 0.481 e. The molecule has 4 heteroatoms. The van der Waals surface area contributed by atoms with Crippen molar-refractivity contribution in [2.24, 2.45) is 11.7 Å². The van der Waals surface area contributed by atoms with Gasteiger partial charge in [-0.15, -0.1) is 0 Å². The summed E-state index contributed by atoms with van der Waals surface area (Å²) in [6, 6.07) is 6.47. The number of halogens is 1. The highest BCUT2D eigenvalue weighted by Crippen LogP contribution is 2.23. The molecule has 0 spiro atoms. The van der Waals surface area contributed by atoms with Gasteiger partial charge in [0.15, 0.2) is 0 Å². The molecule has 3 N–H and O–H groups in total. The summed E-state index contributed by atoms with van der Waals surface area (Å²) in [6.07, 6.45) is 0.513. The summed E-state index contributed by atoms with van der Waals surface area (Å²) in [5.41, 5.74) is 6.68. The van der Waals surface area contributed by atoms with Crippen LogP contribution in [-0.4, -0.2) is 11.1 Å². The maximum absolute atomic E-state index is 10.9. The van der Waals surface area contributed by atoms with E-state index in [1.165, 1.54) is 0 Å². The summed E-state index contributed by atoms with van der Waals surface area (Å²) in [5.74, 6) is -1.41. The van der Waals surface area contributed by atoms with Gasteiger partial charge >= 0.3 is 5.97 Å². The second-order valence-electron chi connectivity index (χ2n) is 3.43. The van der Waals surface area contributed by atoms with Crippen LogP contribution in [0.1, 0.15) is 24.9 Å². The highest BCUT2D eigenvalue weighted by molar-refractivity contribution is 6.30. The predicted molar refractivity (Wildman–Crippen MR) is 59.8 cm³/mol. The van der Waals surface area contributed by atoms with Crippen molar-refractivity contribution in [3.8, 4) is 0 Å². The molecule has 0 aliphatic rings. The Hall–Kier alpha value is -1.06. The molecule has 0 aliphatic heterocycles. The number of nitrogens with two attached hydrogens (primary N) is 1. The fourth-order valence-corrected chi connectivity index (χ4v) is 1.63. The van der Waals surface area contributed by atoms with Gasteiger partial charge in [-0.1, -0.05) is 30.7 Å². The summed E-state index contributed by atoms with van der Waals surface area (Å²) in [5, 5.41) is 9.57. The highest BCUT2D eigenvalue weighted by Gasteiger charge is 2.24. The van der Waals surface area contributed by atoms with Crippen LogP contribution < -0.4 is 5.73 Å². The van der Waals surface area contributed by atoms with E-state index in [1.54, 1.807) is 24.3 Å². The van der Waals surface area contributed by atoms with Gasteiger partial charge in [-0.2, -0.15) is 0 Å². The lowest BCUT2D eigenvalue weighted by Gasteiger charge is -2.18. The van der Waals surface area contributed by atoms with Crippen LogP contribution >= 0.6 is 11.6 Å². The molecule has 0 saturated heterocycles. The van der Waals surface area contributed by atoms with Crippen LogP contribution in [0, 0.1) is 5.92 Å². The molecule has 2 atom stereocenters. The first kappa shape index (κ1) is 12.0. The van der Waals surface area contributed by atoms with E-state index in [-0.39, 0.29) is 0 Å². The van der Waals surface area contributed by atoms with Gasteiger partial charge in [-0.25, -0.2) is 0 Å². The Balaban J connectivity index is 2.87. The number of rotatable bonds is 4. The monoisotopic (exact) mass is 227 g/mol. The molecule has 0 saturated carbocycles. The quantitative estimate of drug-likeness (QED) is 0.831. The topological polar surface area (TPSA) is 63.3 Å². The lowest BCUT2D eigenvalue weighted by Crippen LogP contribution is -2.27. The van der Waals surface area contributed by atoms with Gasteiger partial charge in [0.1, 0.15) is 0 Å². The SMILES string of the molecule is CCC(C(=O)O)C(N)c1ccc(Cl)cc1. The van der Waals surface area contributed by atoms with Gasteiger partial charge in [0, 0.05) is 11.1 Å². The van der Waals surface area contributed by atoms with E-state index in [0.717, 1.165) is 5.56 Å². The van der Waals surface area contributed by atoms with Crippen LogP contribution in [-0.2, 0) is 4.79 Å². The molecule has 0 radical (unpaired) electrons. The normalized spacial score (nSPS) is 14.6. The minimum atomic E-state index is -0.861. The zero-order valence-electron chi connectivity index (χ0n) is 8.48. The van der Waals surface area contributed by atoms with Crippen LogP contribution in [0.3, 0.4) is 0 Å². The van der Waals surface area contributed by atoms with Gasteiger partial charge < -0.3 is 10.8 Å². The maximum Gasteiger partial charge on any atom is 0.308 e. The van der Waals surface area contributed by atoms with Crippen LogP contribution in [0.4, 0.5) is 0 Å². The van der Waals surface area contributed by atoms with Crippen molar-refractivity contribution in [3.05, 3.63) is 34.9 Å². The van der Waals surface area contributed by atoms with Crippen LogP contribution in [0.5, 0.6) is 0 Å². The summed E-state index contributed by atoms with van der Waals surface area (Å²) >= 11 is 5.74. The zero-order chi connectivity index (χ0) is 11.4. The Morgan fingerprint density at radius 1 is 1.47 bits per heavy atom. The van der Waals surface area contributed by atoms with E-state index in [4.69, 9.17) is 22.4 Å². The predicted octanol–water partition coefficient (Wildman–Crippen LogP) is 2.45. The number of aliphatic carboxylic acids is 1. The molecular weight excluding hydrogens is 214 g/mol. The molecule has 1 aromatic carbocycles. The molecule has 15 heavy (non-hydrogen) atoms. The number of carbonyl (C=O) groups is 1. The van der Waals surface area contributed by atoms with Gasteiger partial charge in [0.05, 0.1) is 5.92 Å². The number of benzene rings is 1. The molecule has 3 nitrogen and oxygen atoms in total. The average Bonchev–Trinajstić information content (AvgIpc) is 2.19. The number of hydrogen-bond donors (Lipinski definition) is 2. The van der Waals surface area contributed by atoms with Crippen molar-refractivity contribution >= 4 is 17.6 Å². The highest BCUT2D eigenvalue weighted by atomic mass is 35.5. The molecule has 1 aromatic rings. The molecule has 2 unspecified atom stereocenters. The van der Waals surface area contributed by atoms with E-state index in [1.807, 2.05) is 6.92 Å². The van der Waals surface area contributed by atoms with Gasteiger partial charge in [-0.05, 0) is 24.1 Å². The van der Waals surface area contributed by atoms with Crippen molar-refractivity contribution in [3.63, 3.8) is 0 Å². The average molecular weight is 228 g/mol. The molecule has 0 amide bonds. The standard InChI is InChI=1S/C11H14ClNO2/c1-2-9(11(14)15)10(13)7-3-5-8(12)6-4-7/h3-6,9-10H,2,13H2,1H3,(H,14,15). The second-order valence-corrected chi connectivity index (χ2v) is 3.87. The Morgan fingerprint density at radius 2 is 2.00 bits per heavy atom. The van der Waals surface area contributed by atoms with E-state index < -0.39 is 17.9 Å². The number of carboxylic acid groups (broad SMARTS) is 1. The summed E-state index contributed by atoms with van der Waals surface area (Å²) in [4.78, 5) is 10.9. The third kappa shape index (κ3) is 2.94. The number of hydrogen-bond acceptors (Lipinski definition) is 2. The summed E-state index contributed by atoms with van der Waals surface area (Å²) in [6.45, 7) is 1.81. The van der Waals surface area contributed by atoms with Crippen molar-refractivity contribution in [2.75, 3.05) is 0 Å². The van der Waals surface area contributed by atoms with Crippen molar-refractivity contribution in [1.29, 1.82) is 0 Å². The lowest BCUT2D eigenvalue weighted by molar-refractivity contribution is -0.142. The minimum Gasteiger partial charge on any atom is -0.481 e. The Morgan fingerprint density at radius 3 is 2.40 bits per heavy atom. The summed E-state index contributed by atoms with van der Waals surface area (Å²) in [7, 11) is 0. The second kappa shape index (κ2) is 5.14. The van der Waals surface area contributed by atoms with Crippen molar-refractivity contribution in [1.82, 2.24) is 0 Å². The van der Waals surface area contributed by atoms with Crippen molar-refractivity contribution < 1.29 is 9.90 Å². The van der Waals surface area contributed by atoms with Gasteiger partial charge in [0.2, 0.25) is 0 Å². The fraction of sp³-hybridized carbons (Fsp3) is 0.364. The minimum absolute atomic E-state index is 0.482. The lowest BCUT2D eigenvalue weighted by atomic mass is 9.92. The van der Waals surface area contributed by atoms with Crippen LogP contribution in [0.25, 0.3) is 0 Å². The molecule has 1 rings (SSSR count). The van der Waals surface area contributed by atoms with E-state index in [9.17, 15) is 4.79 Å². The molecular formula is C11H14ClNO2. The van der Waals surface area contributed by atoms with E-state index in [2.05, 4.69) is 0 Å². The smallest absolute Gasteiger partial charge is 0.308 e. The third-order valence-electron chi connectivity index (χ3n) is 2.45. The van der Waals surface area contributed by atoms with Crippen LogP contribution in [0.2, 0.25) is 5.02 Å². The molecule has 0 heterocycles. The Labute approximate surface area is 93.9 Å². The fourth-order valence-electron chi connectivity index (χ4n) is 1.50.